The number of amides is 1. The molecular formula is C34H34N8O3. The van der Waals surface area contributed by atoms with E-state index in [0.717, 1.165) is 37.4 Å². The molecule has 0 spiro atoms. The number of nitrogens with one attached hydrogen (secondary N) is 2. The Kier molecular flexibility index (Phi) is 8.26. The van der Waals surface area contributed by atoms with Crippen molar-refractivity contribution in [1.29, 1.82) is 0 Å². The van der Waals surface area contributed by atoms with E-state index >= 15 is 0 Å². The number of hydrogen-bond acceptors (Lipinski definition) is 9. The number of ether oxygens (including phenoxy) is 1. The molecule has 1 amide bonds. The Balaban J connectivity index is 1.45. The zero-order valence-electron chi connectivity index (χ0n) is 25.4. The van der Waals surface area contributed by atoms with Crippen LogP contribution in [0.4, 0.5) is 23.0 Å². The van der Waals surface area contributed by atoms with Crippen LogP contribution >= 0.6 is 0 Å². The van der Waals surface area contributed by atoms with Crippen LogP contribution in [0.3, 0.4) is 0 Å². The maximum Gasteiger partial charge on any atom is 0.283 e. The Bertz CT molecular complexity index is 1950. The number of carbonyl (C=O) groups excluding carboxylic acids is 1. The van der Waals surface area contributed by atoms with Gasteiger partial charge in [-0.1, -0.05) is 43.0 Å². The van der Waals surface area contributed by atoms with Crippen LogP contribution in [-0.2, 0) is 4.79 Å². The first-order chi connectivity index (χ1) is 21.8. The minimum absolute atomic E-state index is 0.254. The van der Waals surface area contributed by atoms with E-state index in [9.17, 15) is 9.59 Å². The van der Waals surface area contributed by atoms with E-state index < -0.39 is 0 Å². The summed E-state index contributed by atoms with van der Waals surface area (Å²) in [6.07, 6.45) is 2.78. The summed E-state index contributed by atoms with van der Waals surface area (Å²) >= 11 is 0. The van der Waals surface area contributed by atoms with Crippen LogP contribution in [-0.4, -0.2) is 70.7 Å². The van der Waals surface area contributed by atoms with Crippen molar-refractivity contribution in [3.05, 3.63) is 101 Å². The van der Waals surface area contributed by atoms with E-state index in [0.29, 0.717) is 39.5 Å². The molecule has 0 unspecified atom stereocenters. The number of anilines is 4. The van der Waals surface area contributed by atoms with E-state index in [1.807, 2.05) is 42.5 Å². The van der Waals surface area contributed by atoms with Crippen molar-refractivity contribution in [2.45, 2.75) is 6.92 Å². The molecule has 0 radical (unpaired) electrons. The highest BCUT2D eigenvalue weighted by Crippen LogP contribution is 2.35. The number of aryl methyl sites for hydroxylation is 1. The van der Waals surface area contributed by atoms with Gasteiger partial charge in [-0.15, -0.1) is 0 Å². The molecule has 0 bridgehead atoms. The zero-order chi connectivity index (χ0) is 31.5. The van der Waals surface area contributed by atoms with Crippen molar-refractivity contribution >= 4 is 40.1 Å². The standard InChI is InChI=1S/C34H34N8O3/c1-5-30(43)36-24-12-9-13-25(19-24)42-32-27(37-31(33(42)44)23-10-7-6-8-11-23)21-35-34(39-32)38-26-18-22(2)28(20-29(26)45-4)41-16-14-40(3)15-17-41/h5-13,18-21H,1,14-17H2,2-4H3,(H,36,43)(H,35,38,39). The van der Waals surface area contributed by atoms with Crippen molar-refractivity contribution in [3.63, 3.8) is 0 Å². The number of carbonyl (C=O) groups is 1. The first kappa shape index (κ1) is 29.5. The molecule has 0 atom stereocenters. The molecule has 1 aliphatic heterocycles. The lowest BCUT2D eigenvalue weighted by Gasteiger charge is -2.35. The summed E-state index contributed by atoms with van der Waals surface area (Å²) in [5.41, 5.74) is 5.20. The van der Waals surface area contributed by atoms with E-state index in [1.54, 1.807) is 37.6 Å². The summed E-state index contributed by atoms with van der Waals surface area (Å²) < 4.78 is 7.27. The van der Waals surface area contributed by atoms with Gasteiger partial charge >= 0.3 is 0 Å². The third-order valence-corrected chi connectivity index (χ3v) is 7.81. The van der Waals surface area contributed by atoms with Crippen LogP contribution in [0.1, 0.15) is 5.56 Å². The smallest absolute Gasteiger partial charge is 0.283 e. The molecule has 3 heterocycles. The first-order valence-electron chi connectivity index (χ1n) is 14.6. The summed E-state index contributed by atoms with van der Waals surface area (Å²) in [6.45, 7) is 9.47. The van der Waals surface area contributed by atoms with Gasteiger partial charge in [-0.05, 0) is 49.9 Å². The third kappa shape index (κ3) is 6.11. The van der Waals surface area contributed by atoms with Crippen molar-refractivity contribution < 1.29 is 9.53 Å². The van der Waals surface area contributed by atoms with Gasteiger partial charge < -0.3 is 25.2 Å². The fraction of sp³-hybridized carbons (Fsp3) is 0.206. The molecule has 45 heavy (non-hydrogen) atoms. The number of aromatic nitrogens is 4. The summed E-state index contributed by atoms with van der Waals surface area (Å²) in [5, 5.41) is 6.05. The fourth-order valence-electron chi connectivity index (χ4n) is 5.43. The lowest BCUT2D eigenvalue weighted by atomic mass is 10.1. The Labute approximate surface area is 260 Å². The van der Waals surface area contributed by atoms with Gasteiger partial charge in [-0.25, -0.2) is 9.97 Å². The van der Waals surface area contributed by atoms with Gasteiger partial charge in [-0.3, -0.25) is 14.2 Å². The van der Waals surface area contributed by atoms with Crippen molar-refractivity contribution in [2.75, 3.05) is 55.9 Å². The van der Waals surface area contributed by atoms with Crippen LogP contribution in [0.15, 0.2) is 90.4 Å². The van der Waals surface area contributed by atoms with Gasteiger partial charge in [0.2, 0.25) is 11.9 Å². The molecule has 6 rings (SSSR count). The Morgan fingerprint density at radius 3 is 2.51 bits per heavy atom. The monoisotopic (exact) mass is 602 g/mol. The Morgan fingerprint density at radius 1 is 1.00 bits per heavy atom. The predicted octanol–water partition coefficient (Wildman–Crippen LogP) is 4.78. The van der Waals surface area contributed by atoms with E-state index in [4.69, 9.17) is 9.72 Å². The van der Waals surface area contributed by atoms with Crippen LogP contribution in [0.5, 0.6) is 5.75 Å². The van der Waals surface area contributed by atoms with Gasteiger partial charge in [0, 0.05) is 49.2 Å². The quantitative estimate of drug-likeness (QED) is 0.242. The SMILES string of the molecule is C=CC(=O)Nc1cccc(-n2c(=O)c(-c3ccccc3)nc3cnc(Nc4cc(C)c(N5CCN(C)CC5)cc4OC)nc32)c1. The minimum atomic E-state index is -0.365. The zero-order valence-corrected chi connectivity index (χ0v) is 25.4. The summed E-state index contributed by atoms with van der Waals surface area (Å²) in [6, 6.07) is 20.3. The van der Waals surface area contributed by atoms with Crippen LogP contribution in [0.2, 0.25) is 0 Å². The predicted molar refractivity (Wildman–Crippen MR) is 178 cm³/mol. The van der Waals surface area contributed by atoms with E-state index in [-0.39, 0.29) is 23.1 Å². The number of benzene rings is 3. The first-order valence-corrected chi connectivity index (χ1v) is 14.6. The molecule has 11 heteroatoms. The second-order valence-corrected chi connectivity index (χ2v) is 10.9. The molecule has 0 aliphatic carbocycles. The van der Waals surface area contributed by atoms with Gasteiger partial charge in [0.15, 0.2) is 5.65 Å². The molecule has 2 aromatic heterocycles. The topological polar surface area (TPSA) is 118 Å². The molecule has 0 saturated carbocycles. The number of fused-ring (bicyclic) bond motifs is 1. The van der Waals surface area contributed by atoms with Crippen molar-refractivity contribution in [1.82, 2.24) is 24.4 Å². The highest BCUT2D eigenvalue weighted by atomic mass is 16.5. The second kappa shape index (κ2) is 12.6. The lowest BCUT2D eigenvalue weighted by molar-refractivity contribution is -0.111. The minimum Gasteiger partial charge on any atom is -0.494 e. The molecule has 11 nitrogen and oxygen atoms in total. The summed E-state index contributed by atoms with van der Waals surface area (Å²) in [5.74, 6) is 0.561. The fourth-order valence-corrected chi connectivity index (χ4v) is 5.43. The number of piperazine rings is 1. The Morgan fingerprint density at radius 2 is 1.78 bits per heavy atom. The average Bonchev–Trinajstić information content (AvgIpc) is 3.05. The highest BCUT2D eigenvalue weighted by molar-refractivity contribution is 5.99. The number of hydrogen-bond donors (Lipinski definition) is 2. The van der Waals surface area contributed by atoms with Crippen LogP contribution in [0.25, 0.3) is 28.1 Å². The second-order valence-electron chi connectivity index (χ2n) is 10.9. The van der Waals surface area contributed by atoms with Crippen LogP contribution in [0, 0.1) is 6.92 Å². The van der Waals surface area contributed by atoms with Gasteiger partial charge in [0.25, 0.3) is 5.56 Å². The molecule has 1 saturated heterocycles. The number of rotatable bonds is 8. The summed E-state index contributed by atoms with van der Waals surface area (Å²) in [4.78, 5) is 44.8. The average molecular weight is 603 g/mol. The molecule has 3 aromatic carbocycles. The lowest BCUT2D eigenvalue weighted by Crippen LogP contribution is -2.44. The normalized spacial score (nSPS) is 13.4. The van der Waals surface area contributed by atoms with E-state index in [1.165, 1.54) is 10.6 Å². The van der Waals surface area contributed by atoms with E-state index in [2.05, 4.69) is 51.0 Å². The molecule has 1 fully saturated rings. The van der Waals surface area contributed by atoms with Gasteiger partial charge in [0.1, 0.15) is 17.0 Å². The van der Waals surface area contributed by atoms with Gasteiger partial charge in [0.05, 0.1) is 24.7 Å². The Hall–Kier alpha value is -5.55. The molecular weight excluding hydrogens is 568 g/mol. The highest BCUT2D eigenvalue weighted by Gasteiger charge is 2.20. The van der Waals surface area contributed by atoms with Crippen molar-refractivity contribution in [3.8, 4) is 22.7 Å². The summed E-state index contributed by atoms with van der Waals surface area (Å²) in [7, 11) is 3.77. The number of nitrogens with zero attached hydrogens (tertiary/aromatic N) is 6. The molecule has 2 N–H and O–H groups in total. The maximum absolute atomic E-state index is 14.1. The molecule has 1 aliphatic rings. The molecule has 5 aromatic rings. The molecule has 228 valence electrons. The maximum atomic E-state index is 14.1. The number of methoxy groups -OCH3 is 1. The number of likely N-dealkylation sites (N-methyl/N-ethyl adjacent to an activating group) is 1. The van der Waals surface area contributed by atoms with Gasteiger partial charge in [-0.2, -0.15) is 4.98 Å². The van der Waals surface area contributed by atoms with Crippen LogP contribution < -0.4 is 25.8 Å². The largest absolute Gasteiger partial charge is 0.494 e. The third-order valence-electron chi connectivity index (χ3n) is 7.81. The van der Waals surface area contributed by atoms with Crippen molar-refractivity contribution in [2.24, 2.45) is 0 Å².